The second-order valence-corrected chi connectivity index (χ2v) is 4.79. The number of ether oxygens (including phenoxy) is 1. The van der Waals surface area contributed by atoms with Gasteiger partial charge in [-0.1, -0.05) is 6.92 Å². The van der Waals surface area contributed by atoms with E-state index >= 15 is 0 Å². The highest BCUT2D eigenvalue weighted by atomic mass is 32.1. The molecule has 0 fully saturated rings. The van der Waals surface area contributed by atoms with Gasteiger partial charge in [0, 0.05) is 11.6 Å². The van der Waals surface area contributed by atoms with Gasteiger partial charge in [-0.2, -0.15) is 0 Å². The van der Waals surface area contributed by atoms with Gasteiger partial charge < -0.3 is 10.5 Å². The third kappa shape index (κ3) is 2.10. The van der Waals surface area contributed by atoms with E-state index in [4.69, 9.17) is 10.5 Å². The third-order valence-corrected chi connectivity index (χ3v) is 3.55. The lowest BCUT2D eigenvalue weighted by Gasteiger charge is -2.01. The first-order valence-electron chi connectivity index (χ1n) is 5.45. The summed E-state index contributed by atoms with van der Waals surface area (Å²) < 4.78 is 5.09. The summed E-state index contributed by atoms with van der Waals surface area (Å²) in [4.78, 5) is 17.2. The largest absolute Gasteiger partial charge is 0.461 e. The number of nitrogens with two attached hydrogens (primary N) is 1. The summed E-state index contributed by atoms with van der Waals surface area (Å²) in [5.41, 5.74) is 7.49. The van der Waals surface area contributed by atoms with Crippen LogP contribution in [-0.4, -0.2) is 17.6 Å². The quantitative estimate of drug-likeness (QED) is 0.851. The van der Waals surface area contributed by atoms with Crippen molar-refractivity contribution in [2.24, 2.45) is 0 Å². The third-order valence-electron chi connectivity index (χ3n) is 2.46. The van der Waals surface area contributed by atoms with E-state index in [2.05, 4.69) is 4.98 Å². The fourth-order valence-corrected chi connectivity index (χ4v) is 2.65. The molecule has 2 aromatic heterocycles. The van der Waals surface area contributed by atoms with Gasteiger partial charge in [0.15, 0.2) is 0 Å². The molecule has 0 aliphatic carbocycles. The first kappa shape index (κ1) is 11.9. The summed E-state index contributed by atoms with van der Waals surface area (Å²) in [6, 6.07) is 1.88. The summed E-state index contributed by atoms with van der Waals surface area (Å²) in [6.07, 6.45) is 2.52. The Kier molecular flexibility index (Phi) is 3.28. The van der Waals surface area contributed by atoms with Crippen molar-refractivity contribution in [2.45, 2.75) is 20.3 Å². The van der Waals surface area contributed by atoms with Crippen LogP contribution in [0, 0.1) is 6.92 Å². The van der Waals surface area contributed by atoms with Crippen LogP contribution in [0.1, 0.15) is 28.6 Å². The molecule has 0 aliphatic rings. The summed E-state index contributed by atoms with van der Waals surface area (Å²) in [7, 11) is 0. The Morgan fingerprint density at radius 2 is 2.35 bits per heavy atom. The molecule has 0 saturated heterocycles. The van der Waals surface area contributed by atoms with Gasteiger partial charge in [-0.15, -0.1) is 11.3 Å². The first-order chi connectivity index (χ1) is 8.15. The molecule has 2 aromatic rings. The van der Waals surface area contributed by atoms with Crippen LogP contribution in [-0.2, 0) is 4.74 Å². The van der Waals surface area contributed by atoms with Gasteiger partial charge in [-0.25, -0.2) is 9.78 Å². The van der Waals surface area contributed by atoms with Gasteiger partial charge in [0.25, 0.3) is 0 Å². The molecular formula is C12H14N2O2S. The van der Waals surface area contributed by atoms with E-state index in [-0.39, 0.29) is 5.97 Å². The Hall–Kier alpha value is -1.62. The average molecular weight is 250 g/mol. The Bertz CT molecular complexity index is 563. The number of rotatable bonds is 3. The molecule has 0 radical (unpaired) electrons. The van der Waals surface area contributed by atoms with Crippen LogP contribution in [0.25, 0.3) is 10.2 Å². The van der Waals surface area contributed by atoms with Crippen LogP contribution in [0.2, 0.25) is 0 Å². The zero-order valence-electron chi connectivity index (χ0n) is 9.82. The maximum atomic E-state index is 11.8. The number of hydrogen-bond donors (Lipinski definition) is 1. The zero-order chi connectivity index (χ0) is 12.4. The molecule has 90 valence electrons. The van der Waals surface area contributed by atoms with Crippen molar-refractivity contribution < 1.29 is 9.53 Å². The number of pyridine rings is 1. The van der Waals surface area contributed by atoms with Crippen LogP contribution in [0.3, 0.4) is 0 Å². The fourth-order valence-electron chi connectivity index (χ4n) is 1.62. The molecule has 17 heavy (non-hydrogen) atoms. The van der Waals surface area contributed by atoms with Gasteiger partial charge in [0.2, 0.25) is 0 Å². The standard InChI is InChI=1S/C12H14N2O2S/c1-3-6-16-12(15)10-9(13)8-7(2)4-5-14-11(8)17-10/h4-5H,3,6,13H2,1-2H3. The summed E-state index contributed by atoms with van der Waals surface area (Å²) in [6.45, 7) is 4.32. The highest BCUT2D eigenvalue weighted by Crippen LogP contribution is 2.34. The minimum Gasteiger partial charge on any atom is -0.461 e. The highest BCUT2D eigenvalue weighted by Gasteiger charge is 2.19. The minimum absolute atomic E-state index is 0.355. The molecule has 2 rings (SSSR count). The second-order valence-electron chi connectivity index (χ2n) is 3.79. The van der Waals surface area contributed by atoms with Crippen LogP contribution >= 0.6 is 11.3 Å². The van der Waals surface area contributed by atoms with Gasteiger partial charge in [-0.05, 0) is 25.0 Å². The predicted octanol–water partition coefficient (Wildman–Crippen LogP) is 2.75. The monoisotopic (exact) mass is 250 g/mol. The number of aryl methyl sites for hydroxylation is 1. The molecule has 2 heterocycles. The SMILES string of the molecule is CCCOC(=O)c1sc2nccc(C)c2c1N. The Morgan fingerprint density at radius 3 is 3.00 bits per heavy atom. The van der Waals surface area contributed by atoms with Gasteiger partial charge in [0.1, 0.15) is 9.71 Å². The van der Waals surface area contributed by atoms with Crippen LogP contribution < -0.4 is 5.73 Å². The molecule has 0 aromatic carbocycles. The molecule has 2 N–H and O–H groups in total. The number of fused-ring (bicyclic) bond motifs is 1. The average Bonchev–Trinajstić information content (AvgIpc) is 2.65. The first-order valence-corrected chi connectivity index (χ1v) is 6.27. The maximum absolute atomic E-state index is 11.8. The number of esters is 1. The molecule has 4 nitrogen and oxygen atoms in total. The van der Waals surface area contributed by atoms with Crippen molar-refractivity contribution in [1.82, 2.24) is 4.98 Å². The molecule has 0 unspecified atom stereocenters. The number of carbonyl (C=O) groups excluding carboxylic acids is 1. The molecule has 0 atom stereocenters. The number of thiophene rings is 1. The minimum atomic E-state index is -0.355. The maximum Gasteiger partial charge on any atom is 0.350 e. The van der Waals surface area contributed by atoms with Crippen molar-refractivity contribution in [2.75, 3.05) is 12.3 Å². The Morgan fingerprint density at radius 1 is 1.59 bits per heavy atom. The molecule has 0 bridgehead atoms. The number of anilines is 1. The van der Waals surface area contributed by atoms with E-state index in [1.54, 1.807) is 6.20 Å². The van der Waals surface area contributed by atoms with Gasteiger partial charge in [-0.3, -0.25) is 0 Å². The van der Waals surface area contributed by atoms with Crippen LogP contribution in [0.5, 0.6) is 0 Å². The number of nitrogens with zero attached hydrogens (tertiary/aromatic N) is 1. The topological polar surface area (TPSA) is 65.2 Å². The lowest BCUT2D eigenvalue weighted by atomic mass is 10.2. The molecule has 0 amide bonds. The smallest absolute Gasteiger partial charge is 0.350 e. The van der Waals surface area contributed by atoms with Crippen LogP contribution in [0.4, 0.5) is 5.69 Å². The Balaban J connectivity index is 2.46. The van der Waals surface area contributed by atoms with E-state index in [0.717, 1.165) is 22.2 Å². The van der Waals surface area contributed by atoms with Crippen LogP contribution in [0.15, 0.2) is 12.3 Å². The number of carbonyl (C=O) groups is 1. The second kappa shape index (κ2) is 4.71. The molecule has 0 spiro atoms. The summed E-state index contributed by atoms with van der Waals surface area (Å²) >= 11 is 1.29. The highest BCUT2D eigenvalue weighted by molar-refractivity contribution is 7.21. The number of aromatic nitrogens is 1. The zero-order valence-corrected chi connectivity index (χ0v) is 10.6. The van der Waals surface area contributed by atoms with Crippen molar-refractivity contribution >= 4 is 33.2 Å². The fraction of sp³-hybridized carbons (Fsp3) is 0.333. The van der Waals surface area contributed by atoms with E-state index < -0.39 is 0 Å². The van der Waals surface area contributed by atoms with E-state index in [0.29, 0.717) is 17.2 Å². The molecule has 0 aliphatic heterocycles. The van der Waals surface area contributed by atoms with Gasteiger partial charge in [0.05, 0.1) is 12.3 Å². The van der Waals surface area contributed by atoms with E-state index in [1.807, 2.05) is 19.9 Å². The van der Waals surface area contributed by atoms with Crippen molar-refractivity contribution in [3.8, 4) is 0 Å². The van der Waals surface area contributed by atoms with Gasteiger partial charge >= 0.3 is 5.97 Å². The van der Waals surface area contributed by atoms with E-state index in [9.17, 15) is 4.79 Å². The molecule has 0 saturated carbocycles. The van der Waals surface area contributed by atoms with Crippen molar-refractivity contribution in [3.05, 3.63) is 22.7 Å². The number of hydrogen-bond acceptors (Lipinski definition) is 5. The lowest BCUT2D eigenvalue weighted by molar-refractivity contribution is 0.0512. The predicted molar refractivity (Wildman–Crippen MR) is 69.3 cm³/mol. The van der Waals surface area contributed by atoms with Crippen molar-refractivity contribution in [3.63, 3.8) is 0 Å². The summed E-state index contributed by atoms with van der Waals surface area (Å²) in [5, 5.41) is 0.862. The summed E-state index contributed by atoms with van der Waals surface area (Å²) in [5.74, 6) is -0.355. The lowest BCUT2D eigenvalue weighted by Crippen LogP contribution is -2.06. The number of nitrogen functional groups attached to an aromatic ring is 1. The Labute approximate surface area is 103 Å². The van der Waals surface area contributed by atoms with E-state index in [1.165, 1.54) is 11.3 Å². The van der Waals surface area contributed by atoms with Crippen molar-refractivity contribution in [1.29, 1.82) is 0 Å². The normalized spacial score (nSPS) is 10.7. The molecular weight excluding hydrogens is 236 g/mol. The molecule has 5 heteroatoms.